The van der Waals surface area contributed by atoms with Crippen LogP contribution in [0.4, 0.5) is 28.9 Å². The van der Waals surface area contributed by atoms with Gasteiger partial charge in [0, 0.05) is 0 Å². The zero-order chi connectivity index (χ0) is 30.3. The molecule has 0 fully saturated rings. The van der Waals surface area contributed by atoms with Crippen molar-refractivity contribution < 1.29 is 51.0 Å². The zero-order valence-electron chi connectivity index (χ0n) is 23.0. The first-order chi connectivity index (χ1) is 19.2. The predicted octanol–water partition coefficient (Wildman–Crippen LogP) is 4.61. The van der Waals surface area contributed by atoms with Crippen molar-refractivity contribution in [1.29, 1.82) is 0 Å². The second-order valence-corrected chi connectivity index (χ2v) is 19.5. The van der Waals surface area contributed by atoms with E-state index >= 15 is 17.6 Å². The molecule has 0 spiro atoms. The van der Waals surface area contributed by atoms with E-state index in [4.69, 9.17) is 0 Å². The van der Waals surface area contributed by atoms with Crippen LogP contribution >= 0.6 is 0 Å². The molecule has 0 bridgehead atoms. The Morgan fingerprint density at radius 3 is 1.32 bits per heavy atom. The second-order valence-electron chi connectivity index (χ2n) is 9.76. The van der Waals surface area contributed by atoms with Crippen molar-refractivity contribution in [2.45, 2.75) is 26.7 Å². The molecule has 0 unspecified atom stereocenters. The summed E-state index contributed by atoms with van der Waals surface area (Å²) >= 11 is -5.30. The van der Waals surface area contributed by atoms with Gasteiger partial charge in [0.1, 0.15) is 0 Å². The minimum absolute atomic E-state index is 0.149. The van der Waals surface area contributed by atoms with Crippen molar-refractivity contribution >= 4 is 39.2 Å². The number of halogens is 4. The number of sulfonamides is 2. The molecule has 0 aromatic heterocycles. The van der Waals surface area contributed by atoms with E-state index < -0.39 is 79.0 Å². The summed E-state index contributed by atoms with van der Waals surface area (Å²) in [4.78, 5) is 0. The van der Waals surface area contributed by atoms with Crippen molar-refractivity contribution in [1.82, 2.24) is 0 Å². The number of benzene rings is 2. The quantitative estimate of drug-likeness (QED) is 0.280. The molecular weight excluding hydrogens is 616 g/mol. The molecule has 0 saturated carbocycles. The van der Waals surface area contributed by atoms with Gasteiger partial charge in [0.25, 0.3) is 0 Å². The summed E-state index contributed by atoms with van der Waals surface area (Å²) in [6, 6.07) is 3.84. The zero-order valence-corrected chi connectivity index (χ0v) is 26.2. The molecule has 2 aromatic rings. The van der Waals surface area contributed by atoms with Gasteiger partial charge in [-0.05, 0) is 0 Å². The molecule has 0 aliphatic heterocycles. The third-order valence-corrected chi connectivity index (χ3v) is 17.8. The van der Waals surface area contributed by atoms with Gasteiger partial charge in [-0.25, -0.2) is 0 Å². The number of hydrogen-bond donors (Lipinski definition) is 0. The first kappa shape index (κ1) is 31.3. The SMILES string of the molecule is CCN(c1ccc(F)[c]([Ti]([C]2=CC=CC2)([C]2=CC=CC2)[c]2c(F)ccc(N(CC)S(C)(=O)=O)c2F)c1F)S(C)(=O)=O. The first-order valence-corrected chi connectivity index (χ1v) is 19.7. The average molecular weight is 647 g/mol. The van der Waals surface area contributed by atoms with Crippen LogP contribution in [0.5, 0.6) is 0 Å². The van der Waals surface area contributed by atoms with E-state index in [-0.39, 0.29) is 25.9 Å². The molecule has 0 amide bonds. The van der Waals surface area contributed by atoms with E-state index in [0.29, 0.717) is 7.76 Å². The van der Waals surface area contributed by atoms with Crippen LogP contribution in [0.1, 0.15) is 26.7 Å². The Labute approximate surface area is 241 Å². The fourth-order valence-electron chi connectivity index (χ4n) is 5.75. The molecule has 0 N–H and O–H groups in total. The summed E-state index contributed by atoms with van der Waals surface area (Å²) in [5.41, 5.74) is -0.884. The monoisotopic (exact) mass is 646 g/mol. The Hall–Kier alpha value is -2.67. The Bertz CT molecular complexity index is 1610. The van der Waals surface area contributed by atoms with Gasteiger partial charge in [-0.15, -0.1) is 0 Å². The molecule has 6 nitrogen and oxygen atoms in total. The van der Waals surface area contributed by atoms with Crippen molar-refractivity contribution in [2.24, 2.45) is 0 Å². The summed E-state index contributed by atoms with van der Waals surface area (Å²) in [6.07, 6.45) is 12.0. The number of nitrogens with zero attached hydrogens (tertiary/aromatic N) is 2. The fourth-order valence-corrected chi connectivity index (χ4v) is 15.9. The van der Waals surface area contributed by atoms with Crippen molar-refractivity contribution in [3.8, 4) is 0 Å². The molecule has 2 aromatic carbocycles. The molecular formula is C28H30F4N2O4S2Ti. The van der Waals surface area contributed by atoms with Crippen LogP contribution in [-0.4, -0.2) is 42.4 Å². The van der Waals surface area contributed by atoms with Crippen LogP contribution in [0.2, 0.25) is 0 Å². The van der Waals surface area contributed by atoms with Crippen molar-refractivity contribution in [3.05, 3.63) is 91.7 Å². The van der Waals surface area contributed by atoms with Gasteiger partial charge in [0.15, 0.2) is 0 Å². The van der Waals surface area contributed by atoms with E-state index in [1.807, 2.05) is 0 Å². The van der Waals surface area contributed by atoms with Crippen LogP contribution in [0.3, 0.4) is 0 Å². The van der Waals surface area contributed by atoms with Gasteiger partial charge < -0.3 is 0 Å². The van der Waals surface area contributed by atoms with Crippen molar-refractivity contribution in [2.75, 3.05) is 34.2 Å². The fraction of sp³-hybridized carbons (Fsp3) is 0.286. The number of hydrogen-bond acceptors (Lipinski definition) is 4. The Morgan fingerprint density at radius 2 is 1.05 bits per heavy atom. The minimum atomic E-state index is -5.30. The van der Waals surface area contributed by atoms with Crippen LogP contribution in [0, 0.1) is 23.3 Å². The number of allylic oxidation sites excluding steroid dienone is 8. The Kier molecular flexibility index (Phi) is 8.81. The van der Waals surface area contributed by atoms with Crippen molar-refractivity contribution in [3.63, 3.8) is 0 Å². The van der Waals surface area contributed by atoms with Crippen LogP contribution in [0.15, 0.2) is 68.5 Å². The maximum atomic E-state index is 16.8. The van der Waals surface area contributed by atoms with Gasteiger partial charge in [0.05, 0.1) is 0 Å². The first-order valence-electron chi connectivity index (χ1n) is 12.9. The molecule has 13 heteroatoms. The third-order valence-electron chi connectivity index (χ3n) is 7.31. The number of rotatable bonds is 10. The molecule has 0 radical (unpaired) electrons. The molecule has 0 saturated heterocycles. The van der Waals surface area contributed by atoms with E-state index in [2.05, 4.69) is 0 Å². The summed E-state index contributed by atoms with van der Waals surface area (Å²) < 4.78 is 117. The third kappa shape index (κ3) is 5.35. The van der Waals surface area contributed by atoms with Gasteiger partial charge >= 0.3 is 243 Å². The van der Waals surface area contributed by atoms with Crippen LogP contribution in [0.25, 0.3) is 0 Å². The summed E-state index contributed by atoms with van der Waals surface area (Å²) in [5, 5.41) is 0. The molecule has 220 valence electrons. The standard InChI is InChI=1S/2C9H10F2NO2S.2C5H5.Ti/c2*1-3-12(15(2,13)14)9-5-4-7(10)6-8(9)11;2*1-2-4-5-3-1;/h2*4-5H,3H2,1-2H3;2*1-3H,4H2;. The maximum absolute atomic E-state index is 16.8. The van der Waals surface area contributed by atoms with Crippen LogP contribution in [-0.2, 0) is 36.6 Å². The Morgan fingerprint density at radius 1 is 0.683 bits per heavy atom. The molecule has 0 atom stereocenters. The Balaban J connectivity index is 2.24. The average Bonchev–Trinajstić information content (AvgIpc) is 3.60. The molecule has 2 aliphatic carbocycles. The molecule has 0 heterocycles. The molecule has 2 aliphatic rings. The van der Waals surface area contributed by atoms with E-state index in [1.165, 1.54) is 13.8 Å². The van der Waals surface area contributed by atoms with Gasteiger partial charge in [-0.3, -0.25) is 0 Å². The molecule has 4 rings (SSSR count). The topological polar surface area (TPSA) is 74.8 Å². The summed E-state index contributed by atoms with van der Waals surface area (Å²) in [6.45, 7) is 2.62. The number of anilines is 2. The van der Waals surface area contributed by atoms with E-state index in [0.717, 1.165) is 45.4 Å². The summed E-state index contributed by atoms with van der Waals surface area (Å²) in [5.74, 6) is -4.60. The van der Waals surface area contributed by atoms with E-state index in [1.54, 1.807) is 36.5 Å². The predicted molar refractivity (Wildman–Crippen MR) is 151 cm³/mol. The summed E-state index contributed by atoms with van der Waals surface area (Å²) in [7, 11) is -8.01. The normalized spacial score (nSPS) is 15.3. The van der Waals surface area contributed by atoms with E-state index in [9.17, 15) is 16.8 Å². The van der Waals surface area contributed by atoms with Gasteiger partial charge in [0.2, 0.25) is 0 Å². The van der Waals surface area contributed by atoms with Crippen LogP contribution < -0.4 is 16.3 Å². The molecule has 41 heavy (non-hydrogen) atoms. The van der Waals surface area contributed by atoms with Gasteiger partial charge in [-0.2, -0.15) is 0 Å². The second kappa shape index (κ2) is 11.5. The van der Waals surface area contributed by atoms with Gasteiger partial charge in [-0.1, -0.05) is 0 Å².